The maximum atomic E-state index is 12.1. The molecule has 1 aromatic rings. The van der Waals surface area contributed by atoms with Gasteiger partial charge in [0.25, 0.3) is 0 Å². The molecule has 96 valence electrons. The molecule has 0 saturated carbocycles. The van der Waals surface area contributed by atoms with Gasteiger partial charge in [-0.1, -0.05) is 0 Å². The van der Waals surface area contributed by atoms with Crippen LogP contribution >= 0.6 is 0 Å². The number of aliphatic carboxylic acids is 1. The molecule has 1 aliphatic rings. The summed E-state index contributed by atoms with van der Waals surface area (Å²) in [4.78, 5) is 28.6. The second-order valence-corrected chi connectivity index (χ2v) is 4.53. The van der Waals surface area contributed by atoms with Crippen molar-refractivity contribution in [1.82, 2.24) is 9.88 Å². The van der Waals surface area contributed by atoms with E-state index in [1.807, 2.05) is 12.1 Å². The molecule has 18 heavy (non-hydrogen) atoms. The highest BCUT2D eigenvalue weighted by atomic mass is 16.4. The average molecular weight is 248 g/mol. The lowest BCUT2D eigenvalue weighted by molar-refractivity contribution is -0.150. The van der Waals surface area contributed by atoms with Gasteiger partial charge in [-0.25, -0.2) is 0 Å². The molecule has 2 heterocycles. The molecule has 1 aromatic heterocycles. The van der Waals surface area contributed by atoms with Crippen LogP contribution in [-0.2, 0) is 9.59 Å². The lowest BCUT2D eigenvalue weighted by atomic mass is 10.0. The van der Waals surface area contributed by atoms with Crippen molar-refractivity contribution in [2.45, 2.75) is 25.8 Å². The Bertz CT molecular complexity index is 447. The zero-order valence-electron chi connectivity index (χ0n) is 10.2. The Labute approximate surface area is 105 Å². The van der Waals surface area contributed by atoms with Gasteiger partial charge in [-0.05, 0) is 37.5 Å². The predicted octanol–water partition coefficient (Wildman–Crippen LogP) is 1.47. The molecule has 0 radical (unpaired) electrons. The molecule has 5 heteroatoms. The van der Waals surface area contributed by atoms with E-state index in [1.54, 1.807) is 17.3 Å². The minimum atomic E-state index is -1.07. The van der Waals surface area contributed by atoms with Crippen molar-refractivity contribution in [2.24, 2.45) is 5.92 Å². The van der Waals surface area contributed by atoms with Crippen molar-refractivity contribution < 1.29 is 14.7 Å². The van der Waals surface area contributed by atoms with E-state index in [4.69, 9.17) is 5.11 Å². The molecule has 0 aliphatic carbocycles. The summed E-state index contributed by atoms with van der Waals surface area (Å²) in [6.07, 6.45) is 5.17. The normalized spacial score (nSPS) is 20.7. The summed E-state index contributed by atoms with van der Waals surface area (Å²) in [7, 11) is 0. The van der Waals surface area contributed by atoms with Crippen LogP contribution in [0.2, 0.25) is 0 Å². The van der Waals surface area contributed by atoms with Gasteiger partial charge in [0, 0.05) is 18.9 Å². The summed E-state index contributed by atoms with van der Waals surface area (Å²) >= 11 is 0. The van der Waals surface area contributed by atoms with Gasteiger partial charge in [0.05, 0.1) is 6.04 Å². The highest BCUT2D eigenvalue weighted by Crippen LogP contribution is 2.32. The molecule has 1 N–H and O–H groups in total. The summed E-state index contributed by atoms with van der Waals surface area (Å²) in [5.41, 5.74) is 1.02. The second-order valence-electron chi connectivity index (χ2n) is 4.53. The van der Waals surface area contributed by atoms with Crippen LogP contribution in [0.5, 0.6) is 0 Å². The van der Waals surface area contributed by atoms with Gasteiger partial charge in [0.2, 0.25) is 5.91 Å². The molecule has 5 nitrogen and oxygen atoms in total. The van der Waals surface area contributed by atoms with Crippen molar-refractivity contribution in [3.05, 3.63) is 30.1 Å². The molecule has 0 aromatic carbocycles. The molecule has 2 rings (SSSR count). The van der Waals surface area contributed by atoms with Crippen LogP contribution < -0.4 is 0 Å². The molecule has 0 bridgehead atoms. The smallest absolute Gasteiger partial charge is 0.315 e. The van der Waals surface area contributed by atoms with Crippen LogP contribution in [0, 0.1) is 5.92 Å². The summed E-state index contributed by atoms with van der Waals surface area (Å²) in [6, 6.07) is 3.74. The number of carboxylic acid groups (broad SMARTS) is 1. The average Bonchev–Trinajstić information content (AvgIpc) is 2.87. The van der Waals surface area contributed by atoms with Crippen molar-refractivity contribution in [1.29, 1.82) is 0 Å². The van der Waals surface area contributed by atoms with Crippen LogP contribution in [0.3, 0.4) is 0 Å². The van der Waals surface area contributed by atoms with Crippen molar-refractivity contribution in [3.8, 4) is 0 Å². The summed E-state index contributed by atoms with van der Waals surface area (Å²) < 4.78 is 0. The molecule has 1 saturated heterocycles. The van der Waals surface area contributed by atoms with Crippen molar-refractivity contribution >= 4 is 11.9 Å². The molecule has 1 amide bonds. The number of hydrogen-bond donors (Lipinski definition) is 1. The number of rotatable bonds is 3. The Morgan fingerprint density at radius 3 is 2.72 bits per heavy atom. The topological polar surface area (TPSA) is 70.5 Å². The summed E-state index contributed by atoms with van der Waals surface area (Å²) in [5, 5.41) is 8.91. The third-order valence-corrected chi connectivity index (χ3v) is 3.37. The van der Waals surface area contributed by atoms with Crippen LogP contribution in [0.1, 0.15) is 31.4 Å². The summed E-state index contributed by atoms with van der Waals surface area (Å²) in [5.74, 6) is -2.35. The number of carbonyl (C=O) groups is 2. The molecule has 2 unspecified atom stereocenters. The minimum absolute atomic E-state index is 0.0118. The standard InChI is InChI=1S/C13H16N2O3/c1-9(13(17)18)12(16)15-8-2-3-11(15)10-4-6-14-7-5-10/h4-7,9,11H,2-3,8H2,1H3,(H,17,18). The molecule has 1 aliphatic heterocycles. The predicted molar refractivity (Wildman–Crippen MR) is 64.7 cm³/mol. The van der Waals surface area contributed by atoms with Crippen LogP contribution in [0.25, 0.3) is 0 Å². The quantitative estimate of drug-likeness (QED) is 0.822. The first kappa shape index (κ1) is 12.5. The highest BCUT2D eigenvalue weighted by molar-refractivity contribution is 5.96. The Morgan fingerprint density at radius 1 is 1.44 bits per heavy atom. The Hall–Kier alpha value is -1.91. The van der Waals surface area contributed by atoms with E-state index in [1.165, 1.54) is 6.92 Å². The Morgan fingerprint density at radius 2 is 2.11 bits per heavy atom. The number of aromatic nitrogens is 1. The molecular weight excluding hydrogens is 232 g/mol. The number of pyridine rings is 1. The molecule has 0 spiro atoms. The largest absolute Gasteiger partial charge is 0.481 e. The zero-order chi connectivity index (χ0) is 13.1. The first-order chi connectivity index (χ1) is 8.61. The Balaban J connectivity index is 2.18. The second kappa shape index (κ2) is 5.16. The van der Waals surface area contributed by atoms with Gasteiger partial charge >= 0.3 is 5.97 Å². The van der Waals surface area contributed by atoms with Crippen molar-refractivity contribution in [3.63, 3.8) is 0 Å². The number of nitrogens with zero attached hydrogens (tertiary/aromatic N) is 2. The van der Waals surface area contributed by atoms with E-state index in [2.05, 4.69) is 4.98 Å². The third-order valence-electron chi connectivity index (χ3n) is 3.37. The first-order valence-electron chi connectivity index (χ1n) is 6.04. The SMILES string of the molecule is CC(C(=O)O)C(=O)N1CCCC1c1ccncc1. The molecule has 1 fully saturated rings. The molecular formula is C13H16N2O3. The van der Waals surface area contributed by atoms with Gasteiger partial charge in [-0.15, -0.1) is 0 Å². The summed E-state index contributed by atoms with van der Waals surface area (Å²) in [6.45, 7) is 2.07. The van der Waals surface area contributed by atoms with Crippen LogP contribution in [0.15, 0.2) is 24.5 Å². The lowest BCUT2D eigenvalue weighted by Gasteiger charge is -2.26. The fraction of sp³-hybridized carbons (Fsp3) is 0.462. The van der Waals surface area contributed by atoms with E-state index in [-0.39, 0.29) is 11.9 Å². The third kappa shape index (κ3) is 2.34. The van der Waals surface area contributed by atoms with Gasteiger partial charge in [-0.2, -0.15) is 0 Å². The number of carboxylic acids is 1. The Kier molecular flexibility index (Phi) is 3.60. The van der Waals surface area contributed by atoms with E-state index in [9.17, 15) is 9.59 Å². The van der Waals surface area contributed by atoms with E-state index >= 15 is 0 Å². The number of amides is 1. The monoisotopic (exact) mass is 248 g/mol. The first-order valence-corrected chi connectivity index (χ1v) is 6.04. The number of hydrogen-bond acceptors (Lipinski definition) is 3. The van der Waals surface area contributed by atoms with E-state index in [0.29, 0.717) is 6.54 Å². The lowest BCUT2D eigenvalue weighted by Crippen LogP contribution is -2.37. The van der Waals surface area contributed by atoms with Crippen LogP contribution in [-0.4, -0.2) is 33.4 Å². The minimum Gasteiger partial charge on any atom is -0.481 e. The number of carbonyl (C=O) groups excluding carboxylic acids is 1. The number of likely N-dealkylation sites (tertiary alicyclic amines) is 1. The van der Waals surface area contributed by atoms with Crippen LogP contribution in [0.4, 0.5) is 0 Å². The molecule has 2 atom stereocenters. The van der Waals surface area contributed by atoms with Crippen molar-refractivity contribution in [2.75, 3.05) is 6.54 Å². The fourth-order valence-electron chi connectivity index (χ4n) is 2.32. The maximum Gasteiger partial charge on any atom is 0.315 e. The van der Waals surface area contributed by atoms with Gasteiger partial charge in [0.1, 0.15) is 5.92 Å². The highest BCUT2D eigenvalue weighted by Gasteiger charge is 2.34. The fourth-order valence-corrected chi connectivity index (χ4v) is 2.32. The van der Waals surface area contributed by atoms with E-state index in [0.717, 1.165) is 18.4 Å². The maximum absolute atomic E-state index is 12.1. The zero-order valence-corrected chi connectivity index (χ0v) is 10.2. The van der Waals surface area contributed by atoms with Gasteiger partial charge in [0.15, 0.2) is 0 Å². The van der Waals surface area contributed by atoms with Gasteiger partial charge in [-0.3, -0.25) is 14.6 Å². The van der Waals surface area contributed by atoms with Gasteiger partial charge < -0.3 is 10.0 Å². The van der Waals surface area contributed by atoms with E-state index < -0.39 is 11.9 Å².